The van der Waals surface area contributed by atoms with Crippen molar-refractivity contribution >= 4 is 11.6 Å². The van der Waals surface area contributed by atoms with E-state index >= 15 is 0 Å². The number of carbonyl (C=O) groups is 1. The number of hydrogen-bond acceptors (Lipinski definition) is 4. The van der Waals surface area contributed by atoms with E-state index in [1.54, 1.807) is 6.20 Å². The first kappa shape index (κ1) is 15.7. The van der Waals surface area contributed by atoms with Crippen molar-refractivity contribution in [2.45, 2.75) is 19.4 Å². The highest BCUT2D eigenvalue weighted by Gasteiger charge is 2.38. The quantitative estimate of drug-likeness (QED) is 0.879. The van der Waals surface area contributed by atoms with Crippen molar-refractivity contribution in [3.63, 3.8) is 0 Å². The summed E-state index contributed by atoms with van der Waals surface area (Å²) in [5.74, 6) is -0.0393. The Hall–Kier alpha value is -2.18. The van der Waals surface area contributed by atoms with Crippen molar-refractivity contribution in [3.05, 3.63) is 48.3 Å². The minimum absolute atomic E-state index is 0.0393. The lowest BCUT2D eigenvalue weighted by Gasteiger charge is -2.34. The van der Waals surface area contributed by atoms with Gasteiger partial charge >= 0.3 is 0 Å². The zero-order chi connectivity index (χ0) is 16.1. The van der Waals surface area contributed by atoms with Crippen molar-refractivity contribution in [3.8, 4) is 0 Å². The molecular formula is C17H22N4O2. The maximum Gasteiger partial charge on any atom is 0.232 e. The second kappa shape index (κ2) is 6.93. The smallest absolute Gasteiger partial charge is 0.232 e. The predicted molar refractivity (Wildman–Crippen MR) is 87.9 cm³/mol. The van der Waals surface area contributed by atoms with Crippen LogP contribution < -0.4 is 11.1 Å². The minimum Gasteiger partial charge on any atom is -0.381 e. The third-order valence-electron chi connectivity index (χ3n) is 4.40. The molecule has 0 aliphatic carbocycles. The van der Waals surface area contributed by atoms with Crippen molar-refractivity contribution in [1.82, 2.24) is 9.78 Å². The number of rotatable bonds is 5. The molecule has 1 aromatic heterocycles. The topological polar surface area (TPSA) is 82.2 Å². The lowest BCUT2D eigenvalue weighted by atomic mass is 9.79. The molecule has 6 nitrogen and oxygen atoms in total. The number of benzene rings is 1. The first-order chi connectivity index (χ1) is 11.2. The van der Waals surface area contributed by atoms with Crippen LogP contribution in [0.25, 0.3) is 0 Å². The highest BCUT2D eigenvalue weighted by atomic mass is 16.5. The Morgan fingerprint density at radius 3 is 2.74 bits per heavy atom. The van der Waals surface area contributed by atoms with Crippen LogP contribution in [0.1, 0.15) is 18.4 Å². The van der Waals surface area contributed by atoms with Gasteiger partial charge in [-0.2, -0.15) is 5.10 Å². The fourth-order valence-corrected chi connectivity index (χ4v) is 2.83. The highest BCUT2D eigenvalue weighted by Crippen LogP contribution is 2.30. The molecule has 1 saturated heterocycles. The number of carbonyl (C=O) groups excluding carboxylic acids is 1. The van der Waals surface area contributed by atoms with Gasteiger partial charge in [0, 0.05) is 26.0 Å². The largest absolute Gasteiger partial charge is 0.381 e. The van der Waals surface area contributed by atoms with Gasteiger partial charge in [0.05, 0.1) is 23.8 Å². The van der Waals surface area contributed by atoms with Crippen molar-refractivity contribution in [2.75, 3.05) is 25.1 Å². The molecule has 1 aromatic carbocycles. The minimum atomic E-state index is -0.528. The number of ether oxygens (including phenoxy) is 1. The molecular weight excluding hydrogens is 292 g/mol. The molecule has 2 heterocycles. The van der Waals surface area contributed by atoms with E-state index in [1.165, 1.54) is 0 Å². The molecule has 0 atom stereocenters. The van der Waals surface area contributed by atoms with Gasteiger partial charge in [-0.1, -0.05) is 30.3 Å². The van der Waals surface area contributed by atoms with Crippen LogP contribution in [0.5, 0.6) is 0 Å². The zero-order valence-corrected chi connectivity index (χ0v) is 13.1. The molecule has 6 heteroatoms. The Balaban J connectivity index is 1.65. The lowest BCUT2D eigenvalue weighted by Crippen LogP contribution is -2.46. The molecule has 0 radical (unpaired) electrons. The van der Waals surface area contributed by atoms with Gasteiger partial charge in [-0.3, -0.25) is 9.48 Å². The van der Waals surface area contributed by atoms with Gasteiger partial charge in [-0.15, -0.1) is 0 Å². The average Bonchev–Trinajstić information content (AvgIpc) is 3.03. The molecule has 0 unspecified atom stereocenters. The fraction of sp³-hybridized carbons (Fsp3) is 0.412. The normalized spacial score (nSPS) is 16.9. The van der Waals surface area contributed by atoms with Gasteiger partial charge in [0.2, 0.25) is 5.91 Å². The van der Waals surface area contributed by atoms with Crippen molar-refractivity contribution in [2.24, 2.45) is 11.1 Å². The number of anilines is 1. The van der Waals surface area contributed by atoms with Crippen LogP contribution >= 0.6 is 0 Å². The van der Waals surface area contributed by atoms with Crippen LogP contribution in [-0.4, -0.2) is 35.4 Å². The van der Waals surface area contributed by atoms with E-state index in [0.717, 1.165) is 5.56 Å². The third kappa shape index (κ3) is 3.60. The Kier molecular flexibility index (Phi) is 4.73. The molecule has 1 aliphatic rings. The molecule has 1 fully saturated rings. The first-order valence-electron chi connectivity index (χ1n) is 7.87. The number of aromatic nitrogens is 2. The van der Waals surface area contributed by atoms with Crippen LogP contribution in [-0.2, 0) is 16.1 Å². The molecule has 0 spiro atoms. The number of amides is 1. The summed E-state index contributed by atoms with van der Waals surface area (Å²) >= 11 is 0. The number of nitrogens with two attached hydrogens (primary N) is 1. The van der Waals surface area contributed by atoms with Gasteiger partial charge in [0.1, 0.15) is 0 Å². The molecule has 2 aromatic rings. The van der Waals surface area contributed by atoms with E-state index in [-0.39, 0.29) is 5.91 Å². The maximum absolute atomic E-state index is 12.6. The summed E-state index contributed by atoms with van der Waals surface area (Å²) in [6.07, 6.45) is 4.83. The third-order valence-corrected chi connectivity index (χ3v) is 4.40. The highest BCUT2D eigenvalue weighted by molar-refractivity contribution is 5.95. The van der Waals surface area contributed by atoms with Gasteiger partial charge in [0.15, 0.2) is 0 Å². The average molecular weight is 314 g/mol. The standard InChI is InChI=1S/C17H22N4O2/c18-13-17(6-8-23-9-7-17)16(22)20-15-10-19-21(12-15)11-14-4-2-1-3-5-14/h1-5,10,12H,6-9,11,13,18H2,(H,20,22). The summed E-state index contributed by atoms with van der Waals surface area (Å²) in [4.78, 5) is 12.6. The second-order valence-electron chi connectivity index (χ2n) is 5.96. The van der Waals surface area contributed by atoms with Crippen molar-refractivity contribution < 1.29 is 9.53 Å². The Morgan fingerprint density at radius 2 is 2.04 bits per heavy atom. The second-order valence-corrected chi connectivity index (χ2v) is 5.96. The van der Waals surface area contributed by atoms with Crippen LogP contribution in [0.3, 0.4) is 0 Å². The fourth-order valence-electron chi connectivity index (χ4n) is 2.83. The summed E-state index contributed by atoms with van der Waals surface area (Å²) in [5, 5.41) is 7.26. The Bertz CT molecular complexity index is 648. The van der Waals surface area contributed by atoms with E-state index in [4.69, 9.17) is 10.5 Å². The van der Waals surface area contributed by atoms with Gasteiger partial charge in [0.25, 0.3) is 0 Å². The Morgan fingerprint density at radius 1 is 1.30 bits per heavy atom. The lowest BCUT2D eigenvalue weighted by molar-refractivity contribution is -0.130. The van der Waals surface area contributed by atoms with E-state index in [2.05, 4.69) is 10.4 Å². The molecule has 1 aliphatic heterocycles. The summed E-state index contributed by atoms with van der Waals surface area (Å²) in [7, 11) is 0. The van der Waals surface area contributed by atoms with Gasteiger partial charge in [-0.25, -0.2) is 0 Å². The Labute approximate surface area is 135 Å². The van der Waals surface area contributed by atoms with E-state index in [0.29, 0.717) is 44.8 Å². The van der Waals surface area contributed by atoms with Crippen LogP contribution in [0, 0.1) is 5.41 Å². The van der Waals surface area contributed by atoms with Crippen molar-refractivity contribution in [1.29, 1.82) is 0 Å². The number of hydrogen-bond donors (Lipinski definition) is 2. The summed E-state index contributed by atoms with van der Waals surface area (Å²) in [6.45, 7) is 2.17. The zero-order valence-electron chi connectivity index (χ0n) is 13.1. The molecule has 0 saturated carbocycles. The van der Waals surface area contributed by atoms with Crippen LogP contribution in [0.15, 0.2) is 42.7 Å². The van der Waals surface area contributed by atoms with E-state index in [9.17, 15) is 4.79 Å². The SMILES string of the molecule is NCC1(C(=O)Nc2cnn(Cc3ccccc3)c2)CCOCC1. The summed E-state index contributed by atoms with van der Waals surface area (Å²) in [5.41, 5.74) is 7.20. The predicted octanol–water partition coefficient (Wildman–Crippen LogP) is 1.63. The molecule has 3 rings (SSSR count). The number of nitrogens with one attached hydrogen (secondary N) is 1. The molecule has 0 bridgehead atoms. The molecule has 3 N–H and O–H groups in total. The van der Waals surface area contributed by atoms with Crippen LogP contribution in [0.2, 0.25) is 0 Å². The van der Waals surface area contributed by atoms with E-state index in [1.807, 2.05) is 41.2 Å². The summed E-state index contributed by atoms with van der Waals surface area (Å²) < 4.78 is 7.16. The maximum atomic E-state index is 12.6. The molecule has 23 heavy (non-hydrogen) atoms. The molecule has 122 valence electrons. The monoisotopic (exact) mass is 314 g/mol. The van der Waals surface area contributed by atoms with Gasteiger partial charge < -0.3 is 15.8 Å². The van der Waals surface area contributed by atoms with Gasteiger partial charge in [-0.05, 0) is 18.4 Å². The van der Waals surface area contributed by atoms with Crippen LogP contribution in [0.4, 0.5) is 5.69 Å². The summed E-state index contributed by atoms with van der Waals surface area (Å²) in [6, 6.07) is 10.1. The first-order valence-corrected chi connectivity index (χ1v) is 7.87. The van der Waals surface area contributed by atoms with E-state index < -0.39 is 5.41 Å². The number of nitrogens with zero attached hydrogens (tertiary/aromatic N) is 2. The molecule has 1 amide bonds.